The number of ether oxygens (including phenoxy) is 2. The maximum Gasteiger partial charge on any atom is 0.416 e. The standard InChI is InChI=1S/C22H16F3NO2/c1-27-19-11-16-15-9-8-14(22(23,24)25)10-17(15)21(13-6-4-3-5-7-13)26-18(16)12-20(19)28-2/h3-12H,1-2H3. The monoisotopic (exact) mass is 383 g/mol. The van der Waals surface area contributed by atoms with Gasteiger partial charge in [0.25, 0.3) is 0 Å². The van der Waals surface area contributed by atoms with Crippen LogP contribution < -0.4 is 9.47 Å². The average Bonchev–Trinajstić information content (AvgIpc) is 2.71. The Hall–Kier alpha value is -3.28. The highest BCUT2D eigenvalue weighted by atomic mass is 19.4. The number of hydrogen-bond donors (Lipinski definition) is 0. The van der Waals surface area contributed by atoms with Crippen LogP contribution in [0.5, 0.6) is 11.5 Å². The van der Waals surface area contributed by atoms with Gasteiger partial charge >= 0.3 is 6.18 Å². The van der Waals surface area contributed by atoms with Crippen LogP contribution in [0.15, 0.2) is 60.7 Å². The molecule has 0 amide bonds. The Morgan fingerprint density at radius 2 is 1.43 bits per heavy atom. The third kappa shape index (κ3) is 3.01. The fraction of sp³-hybridized carbons (Fsp3) is 0.136. The lowest BCUT2D eigenvalue weighted by Gasteiger charge is -2.15. The summed E-state index contributed by atoms with van der Waals surface area (Å²) in [5, 5.41) is 1.79. The quantitative estimate of drug-likeness (QED) is 0.401. The van der Waals surface area contributed by atoms with Crippen molar-refractivity contribution in [3.05, 3.63) is 66.2 Å². The van der Waals surface area contributed by atoms with Crippen LogP contribution in [-0.4, -0.2) is 19.2 Å². The summed E-state index contributed by atoms with van der Waals surface area (Å²) in [6.07, 6.45) is -4.44. The predicted octanol–water partition coefficient (Wildman–Crippen LogP) is 6.09. The minimum absolute atomic E-state index is 0.431. The molecule has 0 saturated heterocycles. The number of nitrogens with zero attached hydrogens (tertiary/aromatic N) is 1. The molecule has 0 atom stereocenters. The van der Waals surface area contributed by atoms with Gasteiger partial charge in [-0.3, -0.25) is 0 Å². The number of benzene rings is 3. The predicted molar refractivity (Wildman–Crippen MR) is 103 cm³/mol. The summed E-state index contributed by atoms with van der Waals surface area (Å²) in [6, 6.07) is 16.4. The minimum Gasteiger partial charge on any atom is -0.493 e. The summed E-state index contributed by atoms with van der Waals surface area (Å²) >= 11 is 0. The number of alkyl halides is 3. The molecule has 0 aliphatic rings. The van der Waals surface area contributed by atoms with Gasteiger partial charge in [-0.25, -0.2) is 4.98 Å². The molecule has 3 aromatic carbocycles. The second-order valence-electron chi connectivity index (χ2n) is 6.31. The van der Waals surface area contributed by atoms with Crippen LogP contribution in [0.1, 0.15) is 5.56 Å². The second-order valence-corrected chi connectivity index (χ2v) is 6.31. The van der Waals surface area contributed by atoms with Crippen molar-refractivity contribution in [2.24, 2.45) is 0 Å². The zero-order valence-corrected chi connectivity index (χ0v) is 15.2. The fourth-order valence-corrected chi connectivity index (χ4v) is 3.32. The first-order valence-electron chi connectivity index (χ1n) is 8.54. The normalized spacial score (nSPS) is 11.8. The summed E-state index contributed by atoms with van der Waals surface area (Å²) in [6.45, 7) is 0. The molecule has 1 aromatic heterocycles. The molecule has 4 rings (SSSR count). The van der Waals surface area contributed by atoms with Crippen LogP contribution in [0.4, 0.5) is 13.2 Å². The molecule has 0 N–H and O–H groups in total. The van der Waals surface area contributed by atoms with E-state index in [9.17, 15) is 13.2 Å². The van der Waals surface area contributed by atoms with Crippen LogP contribution in [0.25, 0.3) is 32.9 Å². The van der Waals surface area contributed by atoms with Gasteiger partial charge in [0.2, 0.25) is 0 Å². The molecule has 0 aliphatic carbocycles. The first-order chi connectivity index (χ1) is 13.4. The van der Waals surface area contributed by atoms with Crippen molar-refractivity contribution in [3.8, 4) is 22.8 Å². The van der Waals surface area contributed by atoms with E-state index in [4.69, 9.17) is 9.47 Å². The maximum absolute atomic E-state index is 13.3. The van der Waals surface area contributed by atoms with Crippen molar-refractivity contribution in [1.82, 2.24) is 4.98 Å². The molecule has 0 saturated carbocycles. The fourth-order valence-electron chi connectivity index (χ4n) is 3.32. The van der Waals surface area contributed by atoms with Crippen LogP contribution in [0, 0.1) is 0 Å². The van der Waals surface area contributed by atoms with Gasteiger partial charge in [-0.1, -0.05) is 36.4 Å². The molecule has 0 fully saturated rings. The first kappa shape index (κ1) is 18.1. The van der Waals surface area contributed by atoms with Crippen LogP contribution in [0.3, 0.4) is 0 Å². The maximum atomic E-state index is 13.3. The highest BCUT2D eigenvalue weighted by Gasteiger charge is 2.31. The number of methoxy groups -OCH3 is 2. The third-order valence-corrected chi connectivity index (χ3v) is 4.67. The molecule has 0 unspecified atom stereocenters. The van der Waals surface area contributed by atoms with E-state index in [1.54, 1.807) is 12.1 Å². The smallest absolute Gasteiger partial charge is 0.416 e. The SMILES string of the molecule is COc1cc2nc(-c3ccccc3)c3cc(C(F)(F)F)ccc3c2cc1OC. The lowest BCUT2D eigenvalue weighted by Crippen LogP contribution is -2.05. The Labute approximate surface area is 159 Å². The molecule has 4 aromatic rings. The second kappa shape index (κ2) is 6.71. The molecule has 3 nitrogen and oxygen atoms in total. The van der Waals surface area contributed by atoms with E-state index >= 15 is 0 Å². The molecular formula is C22H16F3NO2. The van der Waals surface area contributed by atoms with E-state index in [2.05, 4.69) is 4.98 Å². The highest BCUT2D eigenvalue weighted by molar-refractivity contribution is 6.11. The van der Waals surface area contributed by atoms with Crippen molar-refractivity contribution >= 4 is 21.7 Å². The van der Waals surface area contributed by atoms with E-state index in [1.807, 2.05) is 30.3 Å². The van der Waals surface area contributed by atoms with Gasteiger partial charge < -0.3 is 9.47 Å². The molecular weight excluding hydrogens is 367 g/mol. The largest absolute Gasteiger partial charge is 0.493 e. The van der Waals surface area contributed by atoms with Crippen molar-refractivity contribution in [2.45, 2.75) is 6.18 Å². The summed E-state index contributed by atoms with van der Waals surface area (Å²) in [5.41, 5.74) is 1.13. The van der Waals surface area contributed by atoms with E-state index in [-0.39, 0.29) is 0 Å². The van der Waals surface area contributed by atoms with E-state index < -0.39 is 11.7 Å². The van der Waals surface area contributed by atoms with Gasteiger partial charge in [0.15, 0.2) is 11.5 Å². The zero-order valence-electron chi connectivity index (χ0n) is 15.2. The molecule has 1 heterocycles. The molecule has 0 bridgehead atoms. The van der Waals surface area contributed by atoms with Gasteiger partial charge in [0, 0.05) is 22.4 Å². The molecule has 0 spiro atoms. The average molecular weight is 383 g/mol. The van der Waals surface area contributed by atoms with Crippen molar-refractivity contribution in [3.63, 3.8) is 0 Å². The van der Waals surface area contributed by atoms with Crippen LogP contribution in [-0.2, 0) is 6.18 Å². The zero-order chi connectivity index (χ0) is 19.9. The van der Waals surface area contributed by atoms with Gasteiger partial charge in [0.05, 0.1) is 31.0 Å². The number of aromatic nitrogens is 1. The van der Waals surface area contributed by atoms with E-state index in [1.165, 1.54) is 20.3 Å². The van der Waals surface area contributed by atoms with Gasteiger partial charge in [0.1, 0.15) is 0 Å². The summed E-state index contributed by atoms with van der Waals surface area (Å²) in [5.74, 6) is 0.998. The van der Waals surface area contributed by atoms with E-state index in [0.29, 0.717) is 38.9 Å². The molecule has 28 heavy (non-hydrogen) atoms. The van der Waals surface area contributed by atoms with Gasteiger partial charge in [-0.2, -0.15) is 13.2 Å². The Morgan fingerprint density at radius 3 is 2.07 bits per heavy atom. The third-order valence-electron chi connectivity index (χ3n) is 4.67. The molecule has 0 aliphatic heterocycles. The number of fused-ring (bicyclic) bond motifs is 3. The van der Waals surface area contributed by atoms with Gasteiger partial charge in [-0.05, 0) is 23.6 Å². The molecule has 6 heteroatoms. The van der Waals surface area contributed by atoms with Crippen molar-refractivity contribution in [2.75, 3.05) is 14.2 Å². The Balaban J connectivity index is 2.14. The minimum atomic E-state index is -4.44. The van der Waals surface area contributed by atoms with Crippen LogP contribution in [0.2, 0.25) is 0 Å². The lowest BCUT2D eigenvalue weighted by atomic mass is 9.97. The Kier molecular flexibility index (Phi) is 4.34. The summed E-state index contributed by atoms with van der Waals surface area (Å²) in [4.78, 5) is 4.68. The topological polar surface area (TPSA) is 31.4 Å². The number of hydrogen-bond acceptors (Lipinski definition) is 3. The van der Waals surface area contributed by atoms with Gasteiger partial charge in [-0.15, -0.1) is 0 Å². The van der Waals surface area contributed by atoms with Crippen LogP contribution >= 0.6 is 0 Å². The van der Waals surface area contributed by atoms with Crippen molar-refractivity contribution < 1.29 is 22.6 Å². The molecule has 0 radical (unpaired) electrons. The number of rotatable bonds is 3. The highest BCUT2D eigenvalue weighted by Crippen LogP contribution is 2.40. The number of halogens is 3. The molecule has 142 valence electrons. The first-order valence-corrected chi connectivity index (χ1v) is 8.54. The lowest BCUT2D eigenvalue weighted by molar-refractivity contribution is -0.137. The number of pyridine rings is 1. The summed E-state index contributed by atoms with van der Waals surface area (Å²) in [7, 11) is 3.04. The van der Waals surface area contributed by atoms with E-state index in [0.717, 1.165) is 17.7 Å². The summed E-state index contributed by atoms with van der Waals surface area (Å²) < 4.78 is 50.7. The Morgan fingerprint density at radius 1 is 0.750 bits per heavy atom. The Bertz CT molecular complexity index is 1170. The van der Waals surface area contributed by atoms with Crippen molar-refractivity contribution in [1.29, 1.82) is 0 Å².